The first-order chi connectivity index (χ1) is 21.0. The van der Waals surface area contributed by atoms with E-state index in [0.717, 1.165) is 44.9 Å². The van der Waals surface area contributed by atoms with Crippen LogP contribution in [0.3, 0.4) is 0 Å². The molecule has 6 heteroatoms. The van der Waals surface area contributed by atoms with Gasteiger partial charge in [0.2, 0.25) is 5.78 Å². The molecule has 5 saturated carbocycles. The van der Waals surface area contributed by atoms with E-state index in [2.05, 4.69) is 39.5 Å². The number of imide groups is 1. The fourth-order valence-electron chi connectivity index (χ4n) is 12.8. The van der Waals surface area contributed by atoms with E-state index >= 15 is 0 Å². The summed E-state index contributed by atoms with van der Waals surface area (Å²) in [4.78, 5) is 60.9. The highest BCUT2D eigenvalue weighted by atomic mass is 16.2. The van der Waals surface area contributed by atoms with Crippen molar-refractivity contribution in [2.45, 2.75) is 112 Å². The van der Waals surface area contributed by atoms with Crippen molar-refractivity contribution in [1.29, 1.82) is 0 Å². The van der Waals surface area contributed by atoms with E-state index in [1.165, 1.54) is 4.90 Å². The normalized spacial score (nSPS) is 44.7. The van der Waals surface area contributed by atoms with Gasteiger partial charge in [-0.15, -0.1) is 0 Å². The van der Waals surface area contributed by atoms with Crippen molar-refractivity contribution in [3.8, 4) is 0 Å². The van der Waals surface area contributed by atoms with Gasteiger partial charge in [-0.1, -0.05) is 60.6 Å². The van der Waals surface area contributed by atoms with Crippen LogP contribution in [0.2, 0.25) is 0 Å². The summed E-state index contributed by atoms with van der Waals surface area (Å²) in [5, 5.41) is 0. The van der Waals surface area contributed by atoms with Gasteiger partial charge in [-0.05, 0) is 102 Å². The predicted octanol–water partition coefficient (Wildman–Crippen LogP) is 7.81. The molecule has 7 rings (SSSR count). The van der Waals surface area contributed by atoms with Crippen LogP contribution in [0.1, 0.15) is 127 Å². The van der Waals surface area contributed by atoms with Gasteiger partial charge in [0.25, 0.3) is 17.9 Å². The molecule has 2 amide bonds. The molecule has 1 unspecified atom stereocenters. The Bertz CT molecular complexity index is 1530. The largest absolute Gasteiger partial charge is 0.305 e. The van der Waals surface area contributed by atoms with Crippen LogP contribution in [0.25, 0.3) is 4.85 Å². The Kier molecular flexibility index (Phi) is 6.43. The molecule has 45 heavy (non-hydrogen) atoms. The minimum absolute atomic E-state index is 0.0761. The van der Waals surface area contributed by atoms with Gasteiger partial charge in [-0.25, -0.2) is 6.57 Å². The third kappa shape index (κ3) is 3.85. The molecule has 9 atom stereocenters. The van der Waals surface area contributed by atoms with E-state index < -0.39 is 11.5 Å². The van der Waals surface area contributed by atoms with Crippen LogP contribution in [-0.2, 0) is 9.59 Å². The van der Waals surface area contributed by atoms with Crippen molar-refractivity contribution >= 4 is 23.4 Å². The Hall–Kier alpha value is -2.81. The summed E-state index contributed by atoms with van der Waals surface area (Å²) in [7, 11) is 0. The summed E-state index contributed by atoms with van der Waals surface area (Å²) in [6.07, 6.45) is 7.63. The molecule has 1 aromatic carbocycles. The van der Waals surface area contributed by atoms with Gasteiger partial charge in [-0.2, -0.15) is 0 Å². The second-order valence-electron chi connectivity index (χ2n) is 18.1. The molecule has 0 bridgehead atoms. The second kappa shape index (κ2) is 9.39. The Morgan fingerprint density at radius 1 is 0.800 bits per heavy atom. The zero-order chi connectivity index (χ0) is 32.5. The number of fused-ring (bicyclic) bond motifs is 8. The molecule has 5 fully saturated rings. The predicted molar refractivity (Wildman–Crippen MR) is 172 cm³/mol. The van der Waals surface area contributed by atoms with Crippen molar-refractivity contribution in [1.82, 2.24) is 4.90 Å². The van der Waals surface area contributed by atoms with Gasteiger partial charge in [0, 0.05) is 30.7 Å². The lowest BCUT2D eigenvalue weighted by molar-refractivity contribution is -0.234. The highest BCUT2D eigenvalue weighted by Gasteiger charge is 2.73. The molecule has 1 aliphatic heterocycles. The molecular formula is C39H50N2O4. The van der Waals surface area contributed by atoms with E-state index in [1.54, 1.807) is 12.1 Å². The summed E-state index contributed by atoms with van der Waals surface area (Å²) in [5.74, 6) is 0.275. The lowest BCUT2D eigenvalue weighted by Crippen LogP contribution is -2.70. The first kappa shape index (κ1) is 30.8. The summed E-state index contributed by atoms with van der Waals surface area (Å²) >= 11 is 0. The number of benzene rings is 1. The van der Waals surface area contributed by atoms with Crippen LogP contribution in [0, 0.1) is 62.7 Å². The van der Waals surface area contributed by atoms with Crippen LogP contribution in [-0.4, -0.2) is 40.9 Å². The molecule has 6 aliphatic rings. The van der Waals surface area contributed by atoms with Crippen LogP contribution in [0.15, 0.2) is 24.3 Å². The van der Waals surface area contributed by atoms with Crippen molar-refractivity contribution in [3.63, 3.8) is 0 Å². The molecule has 0 saturated heterocycles. The summed E-state index contributed by atoms with van der Waals surface area (Å²) in [6.45, 7) is 24.2. The van der Waals surface area contributed by atoms with Crippen LogP contribution in [0.5, 0.6) is 0 Å². The average molecular weight is 611 g/mol. The maximum atomic E-state index is 14.9. The lowest BCUT2D eigenvalue weighted by Gasteiger charge is -2.72. The number of carbonyl (C=O) groups is 4. The number of Topliss-reactive ketones (excluding diaryl/α,β-unsaturated/α-hetero) is 2. The molecule has 0 N–H and O–H groups in total. The molecule has 1 heterocycles. The fraction of sp³-hybridized carbons (Fsp3) is 0.718. The molecule has 0 radical (unpaired) electrons. The van der Waals surface area contributed by atoms with Gasteiger partial charge in [0.1, 0.15) is 5.78 Å². The van der Waals surface area contributed by atoms with E-state index in [1.807, 2.05) is 26.0 Å². The summed E-state index contributed by atoms with van der Waals surface area (Å²) < 4.78 is 0. The van der Waals surface area contributed by atoms with E-state index in [9.17, 15) is 19.2 Å². The van der Waals surface area contributed by atoms with Gasteiger partial charge in [-0.3, -0.25) is 24.1 Å². The summed E-state index contributed by atoms with van der Waals surface area (Å²) in [6, 6.07) is 6.52. The van der Waals surface area contributed by atoms with Gasteiger partial charge in [0.05, 0.1) is 11.1 Å². The smallest absolute Gasteiger partial charge is 0.281 e. The van der Waals surface area contributed by atoms with Crippen molar-refractivity contribution in [2.75, 3.05) is 6.54 Å². The second-order valence-corrected chi connectivity index (χ2v) is 18.1. The molecular weight excluding hydrogens is 560 g/mol. The Labute approximate surface area is 268 Å². The van der Waals surface area contributed by atoms with E-state index in [0.29, 0.717) is 36.3 Å². The monoisotopic (exact) mass is 610 g/mol. The highest BCUT2D eigenvalue weighted by Crippen LogP contribution is 2.76. The quantitative estimate of drug-likeness (QED) is 0.253. The topological polar surface area (TPSA) is 75.9 Å². The Morgan fingerprint density at radius 3 is 2.04 bits per heavy atom. The number of carbonyl (C=O) groups excluding carboxylic acids is 4. The highest BCUT2D eigenvalue weighted by molar-refractivity contribution is 6.21. The maximum absolute atomic E-state index is 14.9. The number of ketones is 2. The van der Waals surface area contributed by atoms with E-state index in [4.69, 9.17) is 6.57 Å². The molecule has 5 aliphatic carbocycles. The number of amides is 2. The van der Waals surface area contributed by atoms with Crippen LogP contribution >= 0.6 is 0 Å². The minimum Gasteiger partial charge on any atom is -0.305 e. The molecule has 1 aromatic rings. The number of hydrogen-bond acceptors (Lipinski definition) is 4. The molecule has 240 valence electrons. The standard InChI is InChI=1S/C39H50N2O4/c1-34(2)15-17-39(22-41-32(44)23-11-9-10-12-24(23)33(41)45)18-16-38(7)30(25(39)20-34)27(42)19-29-36(5)21-26(40-8)31(43)35(3,4)28(36)13-14-37(29,38)6/h9-12,25-26,28-30H,13-22H2,1-7H3/t25-,26?,28-,29+,30-,36-,37+,38+,39+/m0/s1. The van der Waals surface area contributed by atoms with Gasteiger partial charge < -0.3 is 4.85 Å². The Morgan fingerprint density at radius 2 is 1.42 bits per heavy atom. The minimum atomic E-state index is -0.637. The van der Waals surface area contributed by atoms with Gasteiger partial charge >= 0.3 is 0 Å². The third-order valence-corrected chi connectivity index (χ3v) is 15.4. The van der Waals surface area contributed by atoms with Gasteiger partial charge in [0.15, 0.2) is 0 Å². The van der Waals surface area contributed by atoms with Crippen molar-refractivity contribution < 1.29 is 19.2 Å². The maximum Gasteiger partial charge on any atom is 0.281 e. The van der Waals surface area contributed by atoms with E-state index in [-0.39, 0.29) is 68.3 Å². The van der Waals surface area contributed by atoms with Crippen molar-refractivity contribution in [3.05, 3.63) is 46.8 Å². The lowest BCUT2D eigenvalue weighted by atomic mass is 9.31. The fourth-order valence-corrected chi connectivity index (χ4v) is 12.8. The zero-order valence-corrected chi connectivity index (χ0v) is 28.3. The average Bonchev–Trinajstić information content (AvgIpc) is 3.21. The third-order valence-electron chi connectivity index (χ3n) is 15.4. The SMILES string of the molecule is [C-]#[N+]C1C[C@]2(C)[C@H]3CC(=O)[C@@H]4[C@@H]5CC(C)(C)CC[C@]5(CN5C(=O)c6ccccc6C5=O)CC[C@@]4(C)[C@]3(C)CC[C@H]2C(C)(C)C1=O. The summed E-state index contributed by atoms with van der Waals surface area (Å²) in [5.41, 5.74) is -0.391. The van der Waals surface area contributed by atoms with Crippen molar-refractivity contribution in [2.24, 2.45) is 56.2 Å². The zero-order valence-electron chi connectivity index (χ0n) is 28.3. The van der Waals surface area contributed by atoms with Crippen LogP contribution in [0.4, 0.5) is 0 Å². The molecule has 0 aromatic heterocycles. The van der Waals surface area contributed by atoms with Crippen LogP contribution < -0.4 is 0 Å². The first-order valence-corrected chi connectivity index (χ1v) is 17.3. The molecule has 6 nitrogen and oxygen atoms in total. The Balaban J connectivity index is 1.28. The number of rotatable bonds is 2. The molecule has 0 spiro atoms. The first-order valence-electron chi connectivity index (χ1n) is 17.3. The number of nitrogens with zero attached hydrogens (tertiary/aromatic N) is 2. The number of hydrogen-bond donors (Lipinski definition) is 0.